The van der Waals surface area contributed by atoms with Crippen molar-refractivity contribution in [2.45, 2.75) is 26.7 Å². The van der Waals surface area contributed by atoms with Gasteiger partial charge in [-0.1, -0.05) is 31.4 Å². The van der Waals surface area contributed by atoms with E-state index in [1.54, 1.807) is 6.07 Å². The SMILES string of the molecule is C=CC/C(F)=C(\C=C/Cc1ccc(OC(=O)C(=C)C)c(F)c1)OC(=O)C(=C)C. The number of ether oxygens (including phenoxy) is 2. The zero-order valence-electron chi connectivity index (χ0n) is 15.9. The Hall–Kier alpha value is -3.28. The van der Waals surface area contributed by atoms with Crippen LogP contribution in [-0.4, -0.2) is 11.9 Å². The molecule has 0 N–H and O–H groups in total. The molecule has 0 fully saturated rings. The van der Waals surface area contributed by atoms with Crippen molar-refractivity contribution in [2.24, 2.45) is 0 Å². The largest absolute Gasteiger partial charge is 0.420 e. The molecule has 4 nitrogen and oxygen atoms in total. The third-order valence-electron chi connectivity index (χ3n) is 3.31. The number of carbonyl (C=O) groups is 2. The van der Waals surface area contributed by atoms with E-state index in [0.29, 0.717) is 5.56 Å². The summed E-state index contributed by atoms with van der Waals surface area (Å²) < 4.78 is 37.9. The molecule has 1 rings (SSSR count). The first-order valence-electron chi connectivity index (χ1n) is 8.35. The molecule has 0 atom stereocenters. The van der Waals surface area contributed by atoms with Crippen LogP contribution in [0.5, 0.6) is 5.75 Å². The van der Waals surface area contributed by atoms with Crippen LogP contribution in [0, 0.1) is 5.82 Å². The third-order valence-corrected chi connectivity index (χ3v) is 3.31. The van der Waals surface area contributed by atoms with E-state index in [4.69, 9.17) is 9.47 Å². The molecule has 0 aliphatic rings. The lowest BCUT2D eigenvalue weighted by Gasteiger charge is -2.07. The summed E-state index contributed by atoms with van der Waals surface area (Å²) in [5, 5.41) is 0. The molecule has 0 saturated carbocycles. The zero-order chi connectivity index (χ0) is 21.3. The van der Waals surface area contributed by atoms with Gasteiger partial charge in [0.2, 0.25) is 0 Å². The van der Waals surface area contributed by atoms with E-state index in [-0.39, 0.29) is 35.5 Å². The van der Waals surface area contributed by atoms with Gasteiger partial charge < -0.3 is 9.47 Å². The van der Waals surface area contributed by atoms with Crippen molar-refractivity contribution in [3.8, 4) is 5.75 Å². The number of carbonyl (C=O) groups excluding carboxylic acids is 2. The molecule has 1 aromatic carbocycles. The van der Waals surface area contributed by atoms with E-state index in [0.717, 1.165) is 0 Å². The Morgan fingerprint density at radius 3 is 2.32 bits per heavy atom. The second-order valence-electron chi connectivity index (χ2n) is 5.97. The Morgan fingerprint density at radius 2 is 1.79 bits per heavy atom. The normalized spacial score (nSPS) is 11.6. The van der Waals surface area contributed by atoms with Crippen LogP contribution in [0.25, 0.3) is 0 Å². The number of allylic oxidation sites excluding steroid dienone is 4. The first-order valence-corrected chi connectivity index (χ1v) is 8.35. The summed E-state index contributed by atoms with van der Waals surface area (Å²) in [6.45, 7) is 13.2. The molecule has 28 heavy (non-hydrogen) atoms. The van der Waals surface area contributed by atoms with Gasteiger partial charge in [-0.2, -0.15) is 0 Å². The molecule has 0 amide bonds. The molecule has 0 spiro atoms. The molecule has 0 aliphatic carbocycles. The van der Waals surface area contributed by atoms with Gasteiger partial charge in [0.25, 0.3) is 0 Å². The molecule has 0 aromatic heterocycles. The Bertz CT molecular complexity index is 863. The quantitative estimate of drug-likeness (QED) is 0.144. The maximum Gasteiger partial charge on any atom is 0.338 e. The number of esters is 2. The lowest BCUT2D eigenvalue weighted by molar-refractivity contribution is -0.134. The van der Waals surface area contributed by atoms with Crippen LogP contribution in [0.15, 0.2) is 78.9 Å². The summed E-state index contributed by atoms with van der Waals surface area (Å²) in [6.07, 6.45) is 4.24. The molecule has 0 heterocycles. The van der Waals surface area contributed by atoms with Gasteiger partial charge in [0.05, 0.1) is 0 Å². The Labute approximate surface area is 163 Å². The van der Waals surface area contributed by atoms with Crippen LogP contribution < -0.4 is 4.74 Å². The Balaban J connectivity index is 2.91. The Kier molecular flexibility index (Phi) is 8.75. The molecule has 0 bridgehead atoms. The molecular weight excluding hydrogens is 366 g/mol. The van der Waals surface area contributed by atoms with Gasteiger partial charge in [0.1, 0.15) is 5.83 Å². The van der Waals surface area contributed by atoms with Crippen LogP contribution >= 0.6 is 0 Å². The summed E-state index contributed by atoms with van der Waals surface area (Å²) in [4.78, 5) is 23.1. The van der Waals surface area contributed by atoms with Crippen LogP contribution in [0.1, 0.15) is 25.8 Å². The summed E-state index contributed by atoms with van der Waals surface area (Å²) >= 11 is 0. The van der Waals surface area contributed by atoms with Crippen molar-refractivity contribution in [3.05, 3.63) is 90.3 Å². The van der Waals surface area contributed by atoms with Crippen LogP contribution in [0.2, 0.25) is 0 Å². The lowest BCUT2D eigenvalue weighted by Crippen LogP contribution is -2.09. The second-order valence-corrected chi connectivity index (χ2v) is 5.97. The van der Waals surface area contributed by atoms with Gasteiger partial charge in [0.15, 0.2) is 17.3 Å². The fourth-order valence-corrected chi connectivity index (χ4v) is 1.84. The molecule has 148 valence electrons. The fraction of sp³-hybridized carbons (Fsp3) is 0.182. The molecule has 0 saturated heterocycles. The number of benzene rings is 1. The second kappa shape index (κ2) is 10.8. The van der Waals surface area contributed by atoms with E-state index in [9.17, 15) is 18.4 Å². The highest BCUT2D eigenvalue weighted by Crippen LogP contribution is 2.21. The van der Waals surface area contributed by atoms with Crippen LogP contribution in [0.4, 0.5) is 8.78 Å². The highest BCUT2D eigenvalue weighted by atomic mass is 19.1. The summed E-state index contributed by atoms with van der Waals surface area (Å²) in [5.41, 5.74) is 0.814. The highest BCUT2D eigenvalue weighted by molar-refractivity contribution is 5.89. The van der Waals surface area contributed by atoms with Crippen molar-refractivity contribution in [2.75, 3.05) is 0 Å². The average molecular weight is 388 g/mol. The van der Waals surface area contributed by atoms with Gasteiger partial charge in [0, 0.05) is 17.6 Å². The van der Waals surface area contributed by atoms with Gasteiger partial charge in [-0.15, -0.1) is 6.58 Å². The van der Waals surface area contributed by atoms with Gasteiger partial charge >= 0.3 is 11.9 Å². The predicted octanol–water partition coefficient (Wildman–Crippen LogP) is 5.28. The molecule has 6 heteroatoms. The fourth-order valence-electron chi connectivity index (χ4n) is 1.84. The standard InChI is InChI=1S/C22H22F2O4/c1-6-8-17(23)19(27-21(25)14(2)3)10-7-9-16-11-12-20(18(24)13-16)28-22(26)15(4)5/h6-7,10-13H,1-2,4,8-9H2,3,5H3/b10-7-,19-17-. The van der Waals surface area contributed by atoms with E-state index in [2.05, 4.69) is 19.7 Å². The van der Waals surface area contributed by atoms with Crippen LogP contribution in [0.3, 0.4) is 0 Å². The first-order chi connectivity index (χ1) is 13.1. The van der Waals surface area contributed by atoms with E-state index in [1.807, 2.05) is 0 Å². The van der Waals surface area contributed by atoms with Gasteiger partial charge in [-0.3, -0.25) is 0 Å². The van der Waals surface area contributed by atoms with Crippen LogP contribution in [-0.2, 0) is 20.7 Å². The van der Waals surface area contributed by atoms with Crippen molar-refractivity contribution in [1.82, 2.24) is 0 Å². The molecule has 0 unspecified atom stereocenters. The molecular formula is C22H22F2O4. The van der Waals surface area contributed by atoms with E-state index < -0.39 is 23.6 Å². The summed E-state index contributed by atoms with van der Waals surface area (Å²) in [7, 11) is 0. The zero-order valence-corrected chi connectivity index (χ0v) is 15.9. The van der Waals surface area contributed by atoms with Crippen molar-refractivity contribution >= 4 is 11.9 Å². The minimum Gasteiger partial charge on any atom is -0.420 e. The molecule has 1 aromatic rings. The molecule has 0 aliphatic heterocycles. The monoisotopic (exact) mass is 388 g/mol. The number of halogens is 2. The topological polar surface area (TPSA) is 52.6 Å². The minimum atomic E-state index is -0.756. The Morgan fingerprint density at radius 1 is 1.14 bits per heavy atom. The lowest BCUT2D eigenvalue weighted by atomic mass is 10.1. The average Bonchev–Trinajstić information content (AvgIpc) is 2.62. The number of hydrogen-bond acceptors (Lipinski definition) is 4. The maximum absolute atomic E-state index is 14.1. The van der Waals surface area contributed by atoms with Gasteiger partial charge in [-0.25, -0.2) is 18.4 Å². The number of hydrogen-bond donors (Lipinski definition) is 0. The minimum absolute atomic E-state index is 0.111. The number of rotatable bonds is 9. The van der Waals surface area contributed by atoms with Gasteiger partial charge in [-0.05, 0) is 44.0 Å². The van der Waals surface area contributed by atoms with Crippen molar-refractivity contribution in [3.63, 3.8) is 0 Å². The smallest absolute Gasteiger partial charge is 0.338 e. The maximum atomic E-state index is 14.1. The first kappa shape index (κ1) is 22.8. The van der Waals surface area contributed by atoms with E-state index in [1.165, 1.54) is 44.2 Å². The summed E-state index contributed by atoms with van der Waals surface area (Å²) in [6, 6.07) is 4.06. The highest BCUT2D eigenvalue weighted by Gasteiger charge is 2.12. The van der Waals surface area contributed by atoms with Crippen molar-refractivity contribution in [1.29, 1.82) is 0 Å². The molecule has 0 radical (unpaired) electrons. The predicted molar refractivity (Wildman–Crippen MR) is 104 cm³/mol. The summed E-state index contributed by atoms with van der Waals surface area (Å²) in [5.74, 6) is -3.35. The van der Waals surface area contributed by atoms with Crippen molar-refractivity contribution < 1.29 is 27.8 Å². The third kappa shape index (κ3) is 7.15. The van der Waals surface area contributed by atoms with E-state index >= 15 is 0 Å².